The molecule has 0 atom stereocenters. The van der Waals surface area contributed by atoms with E-state index in [9.17, 15) is 4.79 Å². The Morgan fingerprint density at radius 2 is 2.00 bits per heavy atom. The van der Waals surface area contributed by atoms with Crippen molar-refractivity contribution in [1.29, 1.82) is 0 Å². The molecule has 2 nitrogen and oxygen atoms in total. The van der Waals surface area contributed by atoms with Crippen molar-refractivity contribution in [2.24, 2.45) is 0 Å². The molecule has 0 aliphatic rings. The maximum Gasteiger partial charge on any atom is 0.224 e. The first-order valence-electron chi connectivity index (χ1n) is 3.88. The number of carbonyl (C=O) groups is 1. The van der Waals surface area contributed by atoms with Gasteiger partial charge < -0.3 is 5.32 Å². The summed E-state index contributed by atoms with van der Waals surface area (Å²) in [5.74, 6) is -0.0432. The molecule has 0 aliphatic heterocycles. The Morgan fingerprint density at radius 3 is 2.50 bits per heavy atom. The second kappa shape index (κ2) is 6.31. The fourth-order valence-electron chi connectivity index (χ4n) is 0.823. The summed E-state index contributed by atoms with van der Waals surface area (Å²) in [6.07, 6.45) is 0.445. The minimum atomic E-state index is -0.0432. The second-order valence-electron chi connectivity index (χ2n) is 2.53. The van der Waals surface area contributed by atoms with Gasteiger partial charge in [0.2, 0.25) is 5.91 Å². The first kappa shape index (κ1) is 13.8. The van der Waals surface area contributed by atoms with Gasteiger partial charge in [-0.3, -0.25) is 4.79 Å². The van der Waals surface area contributed by atoms with Crippen LogP contribution in [0.5, 0.6) is 0 Å². The average molecular weight is 274 g/mol. The normalized spacial score (nSPS) is 9.07. The Bertz CT molecular complexity index is 331. The number of carbonyl (C=O) groups excluding carboxylic acids is 1. The number of anilines is 1. The van der Waals surface area contributed by atoms with Crippen LogP contribution in [0.3, 0.4) is 0 Å². The number of rotatable bonds is 2. The molecule has 0 aliphatic carbocycles. The van der Waals surface area contributed by atoms with Crippen molar-refractivity contribution in [3.63, 3.8) is 0 Å². The van der Waals surface area contributed by atoms with Crippen LogP contribution in [-0.2, 0) is 21.9 Å². The number of hydrogen-bond acceptors (Lipinski definition) is 1. The molecule has 0 saturated heterocycles. The maximum absolute atomic E-state index is 11.0. The van der Waals surface area contributed by atoms with Crippen molar-refractivity contribution in [2.75, 3.05) is 5.32 Å². The summed E-state index contributed by atoms with van der Waals surface area (Å²) < 4.78 is 0. The van der Waals surface area contributed by atoms with Crippen molar-refractivity contribution < 1.29 is 21.9 Å². The summed E-state index contributed by atoms with van der Waals surface area (Å²) in [5.41, 5.74) is 0.668. The second-order valence-corrected chi connectivity index (χ2v) is 3.35. The van der Waals surface area contributed by atoms with Gasteiger partial charge in [-0.15, -0.1) is 0 Å². The zero-order chi connectivity index (χ0) is 9.84. The molecular formula is C9H9Cl2FeNO. The van der Waals surface area contributed by atoms with Crippen LogP contribution in [-0.4, -0.2) is 5.91 Å². The average Bonchev–Trinajstić information content (AvgIpc) is 2.11. The summed E-state index contributed by atoms with van der Waals surface area (Å²) >= 11 is 11.5. The number of benzene rings is 1. The third-order valence-electron chi connectivity index (χ3n) is 1.52. The molecule has 0 aromatic heterocycles. The summed E-state index contributed by atoms with van der Waals surface area (Å²) in [6, 6.07) is 4.98. The Labute approximate surface area is 103 Å². The molecule has 1 rings (SSSR count). The minimum absolute atomic E-state index is 0. The van der Waals surface area contributed by atoms with E-state index in [1.807, 2.05) is 0 Å². The Kier molecular flexibility index (Phi) is 6.21. The minimum Gasteiger partial charge on any atom is -0.326 e. The van der Waals surface area contributed by atoms with Crippen molar-refractivity contribution >= 4 is 34.8 Å². The molecule has 0 heterocycles. The van der Waals surface area contributed by atoms with Crippen molar-refractivity contribution in [3.05, 3.63) is 28.2 Å². The maximum atomic E-state index is 11.0. The molecule has 0 spiro atoms. The fraction of sp³-hybridized carbons (Fsp3) is 0.222. The van der Waals surface area contributed by atoms with E-state index in [1.54, 1.807) is 25.1 Å². The van der Waals surface area contributed by atoms with Crippen LogP contribution in [0.2, 0.25) is 10.0 Å². The van der Waals surface area contributed by atoms with Crippen LogP contribution in [0.15, 0.2) is 18.2 Å². The smallest absolute Gasteiger partial charge is 0.224 e. The van der Waals surface area contributed by atoms with Crippen LogP contribution >= 0.6 is 23.2 Å². The molecule has 1 N–H and O–H groups in total. The molecule has 5 heteroatoms. The fourth-order valence-corrected chi connectivity index (χ4v) is 1.12. The molecule has 0 unspecified atom stereocenters. The third kappa shape index (κ3) is 3.89. The van der Waals surface area contributed by atoms with E-state index >= 15 is 0 Å². The molecule has 14 heavy (non-hydrogen) atoms. The number of halogens is 2. The van der Waals surface area contributed by atoms with Gasteiger partial charge in [0.05, 0.1) is 10.0 Å². The van der Waals surface area contributed by atoms with E-state index in [1.165, 1.54) is 0 Å². The zero-order valence-corrected chi connectivity index (χ0v) is 10.1. The van der Waals surface area contributed by atoms with Gasteiger partial charge in [0, 0.05) is 29.2 Å². The molecule has 1 aromatic rings. The Morgan fingerprint density at radius 1 is 1.36 bits per heavy atom. The van der Waals surface area contributed by atoms with Gasteiger partial charge in [-0.05, 0) is 18.2 Å². The molecule has 1 amide bonds. The van der Waals surface area contributed by atoms with Crippen LogP contribution < -0.4 is 5.32 Å². The van der Waals surface area contributed by atoms with Crippen LogP contribution in [0, 0.1) is 0 Å². The van der Waals surface area contributed by atoms with Crippen LogP contribution in [0.1, 0.15) is 13.3 Å². The topological polar surface area (TPSA) is 29.1 Å². The number of amides is 1. The molecule has 0 radical (unpaired) electrons. The van der Waals surface area contributed by atoms with E-state index in [4.69, 9.17) is 23.2 Å². The van der Waals surface area contributed by atoms with Crippen molar-refractivity contribution in [3.8, 4) is 0 Å². The first-order valence-corrected chi connectivity index (χ1v) is 4.64. The summed E-state index contributed by atoms with van der Waals surface area (Å²) in [5, 5.41) is 3.60. The standard InChI is InChI=1S/C9H9Cl2NO.Fe/c1-2-9(13)12-6-3-4-7(10)8(11)5-6;/h3-5H,2H2,1H3,(H,12,13);. The number of hydrogen-bond donors (Lipinski definition) is 1. The first-order chi connectivity index (χ1) is 6.13. The van der Waals surface area contributed by atoms with Gasteiger partial charge in [0.1, 0.15) is 0 Å². The predicted molar refractivity (Wildman–Crippen MR) is 55.4 cm³/mol. The SMILES string of the molecule is CCC(=O)Nc1ccc(Cl)c(Cl)c1.[Fe]. The van der Waals surface area contributed by atoms with Crippen LogP contribution in [0.25, 0.3) is 0 Å². The van der Waals surface area contributed by atoms with Crippen LogP contribution in [0.4, 0.5) is 5.69 Å². The summed E-state index contributed by atoms with van der Waals surface area (Å²) in [4.78, 5) is 11.0. The third-order valence-corrected chi connectivity index (χ3v) is 2.26. The molecule has 78 valence electrons. The summed E-state index contributed by atoms with van der Waals surface area (Å²) in [6.45, 7) is 1.78. The van der Waals surface area contributed by atoms with Crippen molar-refractivity contribution in [2.45, 2.75) is 13.3 Å². The molecule has 0 saturated carbocycles. The zero-order valence-electron chi connectivity index (χ0n) is 7.46. The van der Waals surface area contributed by atoms with E-state index in [2.05, 4.69) is 5.32 Å². The summed E-state index contributed by atoms with van der Waals surface area (Å²) in [7, 11) is 0. The largest absolute Gasteiger partial charge is 0.326 e. The molecule has 0 bridgehead atoms. The molecule has 1 aromatic carbocycles. The van der Waals surface area contributed by atoms with Gasteiger partial charge in [0.15, 0.2) is 0 Å². The monoisotopic (exact) mass is 273 g/mol. The molecule has 0 fully saturated rings. The van der Waals surface area contributed by atoms with Gasteiger partial charge in [0.25, 0.3) is 0 Å². The quantitative estimate of drug-likeness (QED) is 0.823. The van der Waals surface area contributed by atoms with E-state index in [0.29, 0.717) is 22.2 Å². The predicted octanol–water partition coefficient (Wildman–Crippen LogP) is 3.34. The van der Waals surface area contributed by atoms with Gasteiger partial charge >= 0.3 is 0 Å². The van der Waals surface area contributed by atoms with Gasteiger partial charge in [-0.2, -0.15) is 0 Å². The van der Waals surface area contributed by atoms with E-state index in [0.717, 1.165) is 0 Å². The van der Waals surface area contributed by atoms with Crippen molar-refractivity contribution in [1.82, 2.24) is 0 Å². The Hall–Kier alpha value is -0.211. The Balaban J connectivity index is 0.00000169. The van der Waals surface area contributed by atoms with E-state index in [-0.39, 0.29) is 23.0 Å². The van der Waals surface area contributed by atoms with E-state index < -0.39 is 0 Å². The van der Waals surface area contributed by atoms with Gasteiger partial charge in [-0.1, -0.05) is 30.1 Å². The number of nitrogens with one attached hydrogen (secondary N) is 1. The molecular weight excluding hydrogens is 265 g/mol. The van der Waals surface area contributed by atoms with Gasteiger partial charge in [-0.25, -0.2) is 0 Å².